The molecule has 1 aromatic rings. The molecular weight excluding hydrogens is 212 g/mol. The second kappa shape index (κ2) is 5.69. The summed E-state index contributed by atoms with van der Waals surface area (Å²) < 4.78 is 9.36. The molecule has 0 bridgehead atoms. The minimum absolute atomic E-state index is 0.232. The fraction of sp³-hybridized carbons (Fsp3) is 0.300. The molecule has 0 atom stereocenters. The molecule has 0 saturated heterocycles. The maximum atomic E-state index is 11.2. The summed E-state index contributed by atoms with van der Waals surface area (Å²) >= 11 is 0. The van der Waals surface area contributed by atoms with Crippen molar-refractivity contribution in [2.24, 2.45) is 0 Å². The van der Waals surface area contributed by atoms with Gasteiger partial charge in [-0.2, -0.15) is 0 Å². The van der Waals surface area contributed by atoms with Crippen LogP contribution in [0.2, 0.25) is 0 Å². The van der Waals surface area contributed by atoms with Crippen molar-refractivity contribution in [1.82, 2.24) is 5.16 Å². The van der Waals surface area contributed by atoms with E-state index in [0.29, 0.717) is 5.69 Å². The highest BCUT2D eigenvalue weighted by atomic mass is 16.5. The van der Waals surface area contributed by atoms with Crippen LogP contribution in [0.1, 0.15) is 12.6 Å². The maximum Gasteiger partial charge on any atom is 0.330 e. The smallest absolute Gasteiger partial charge is 0.330 e. The van der Waals surface area contributed by atoms with E-state index in [1.54, 1.807) is 19.9 Å². The number of nitrogens with one attached hydrogen (secondary N) is 1. The Hall–Kier alpha value is -2.11. The summed E-state index contributed by atoms with van der Waals surface area (Å²) in [6.07, 6.45) is 2.11. The van der Waals surface area contributed by atoms with Crippen LogP contribution in [-0.2, 0) is 14.3 Å². The highest BCUT2D eigenvalue weighted by Crippen LogP contribution is 2.07. The Morgan fingerprint density at radius 1 is 1.56 bits per heavy atom. The summed E-state index contributed by atoms with van der Waals surface area (Å²) in [6.45, 7) is 3.68. The molecule has 0 fully saturated rings. The summed E-state index contributed by atoms with van der Waals surface area (Å²) in [4.78, 5) is 22.1. The zero-order chi connectivity index (χ0) is 12.0. The molecular formula is C10H12N2O4. The molecule has 1 N–H and O–H groups in total. The van der Waals surface area contributed by atoms with Crippen LogP contribution < -0.4 is 5.32 Å². The minimum Gasteiger partial charge on any atom is -0.463 e. The second-order valence-corrected chi connectivity index (χ2v) is 2.91. The number of aryl methyl sites for hydroxylation is 1. The summed E-state index contributed by atoms with van der Waals surface area (Å²) in [5.41, 5.74) is 0.657. The minimum atomic E-state index is -0.564. The fourth-order valence-electron chi connectivity index (χ4n) is 0.920. The first-order valence-electron chi connectivity index (χ1n) is 4.71. The Morgan fingerprint density at radius 2 is 2.31 bits per heavy atom. The fourth-order valence-corrected chi connectivity index (χ4v) is 0.920. The normalized spacial score (nSPS) is 10.4. The maximum absolute atomic E-state index is 11.2. The molecule has 0 aliphatic heterocycles. The van der Waals surface area contributed by atoms with Gasteiger partial charge in [-0.1, -0.05) is 5.16 Å². The van der Waals surface area contributed by atoms with Gasteiger partial charge in [0, 0.05) is 18.2 Å². The lowest BCUT2D eigenvalue weighted by Gasteiger charge is -1.95. The predicted octanol–water partition coefficient (Wildman–Crippen LogP) is 1.04. The molecule has 0 unspecified atom stereocenters. The lowest BCUT2D eigenvalue weighted by Crippen LogP contribution is -2.08. The van der Waals surface area contributed by atoms with Crippen molar-refractivity contribution in [3.05, 3.63) is 23.9 Å². The van der Waals surface area contributed by atoms with Gasteiger partial charge in [-0.3, -0.25) is 10.1 Å². The van der Waals surface area contributed by atoms with Gasteiger partial charge in [0.2, 0.25) is 5.88 Å². The molecule has 0 spiro atoms. The van der Waals surface area contributed by atoms with E-state index in [2.05, 4.69) is 15.2 Å². The Labute approximate surface area is 92.2 Å². The van der Waals surface area contributed by atoms with E-state index in [4.69, 9.17) is 4.52 Å². The van der Waals surface area contributed by atoms with Crippen LogP contribution in [-0.4, -0.2) is 23.6 Å². The van der Waals surface area contributed by atoms with Crippen LogP contribution in [0.5, 0.6) is 0 Å². The zero-order valence-corrected chi connectivity index (χ0v) is 9.02. The van der Waals surface area contributed by atoms with E-state index in [9.17, 15) is 9.59 Å². The van der Waals surface area contributed by atoms with Gasteiger partial charge in [0.15, 0.2) is 0 Å². The highest BCUT2D eigenvalue weighted by molar-refractivity contribution is 6.01. The van der Waals surface area contributed by atoms with Gasteiger partial charge in [-0.15, -0.1) is 0 Å². The first-order valence-corrected chi connectivity index (χ1v) is 4.71. The first kappa shape index (κ1) is 12.0. The number of carbonyl (C=O) groups is 2. The lowest BCUT2D eigenvalue weighted by atomic mass is 10.4. The van der Waals surface area contributed by atoms with Gasteiger partial charge < -0.3 is 9.26 Å². The highest BCUT2D eigenvalue weighted by Gasteiger charge is 2.03. The predicted molar refractivity (Wildman–Crippen MR) is 55.6 cm³/mol. The molecule has 1 aromatic heterocycles. The van der Waals surface area contributed by atoms with Crippen LogP contribution >= 0.6 is 0 Å². The van der Waals surface area contributed by atoms with Crippen molar-refractivity contribution in [2.45, 2.75) is 13.8 Å². The van der Waals surface area contributed by atoms with Crippen molar-refractivity contribution in [3.8, 4) is 0 Å². The van der Waals surface area contributed by atoms with Crippen LogP contribution in [0.4, 0.5) is 5.88 Å². The quantitative estimate of drug-likeness (QED) is 0.610. The molecule has 0 aliphatic carbocycles. The molecule has 6 heteroatoms. The monoisotopic (exact) mass is 224 g/mol. The topological polar surface area (TPSA) is 81.4 Å². The number of esters is 1. The number of carbonyl (C=O) groups excluding carboxylic acids is 2. The van der Waals surface area contributed by atoms with Crippen molar-refractivity contribution in [2.75, 3.05) is 11.9 Å². The molecule has 1 heterocycles. The molecule has 0 saturated carbocycles. The third-order valence-corrected chi connectivity index (χ3v) is 1.53. The van der Waals surface area contributed by atoms with Gasteiger partial charge in [-0.25, -0.2) is 4.79 Å². The molecule has 1 rings (SSSR count). The zero-order valence-electron chi connectivity index (χ0n) is 9.02. The Bertz CT molecular complexity index is 409. The first-order chi connectivity index (χ1) is 7.61. The van der Waals surface area contributed by atoms with E-state index in [0.717, 1.165) is 12.2 Å². The molecule has 0 aromatic carbocycles. The molecule has 1 amide bonds. The summed E-state index contributed by atoms with van der Waals surface area (Å²) in [7, 11) is 0. The number of hydrogen-bond acceptors (Lipinski definition) is 5. The van der Waals surface area contributed by atoms with Gasteiger partial charge >= 0.3 is 5.97 Å². The SMILES string of the molecule is CCOC(=O)/C=C/C(=O)Nc1cc(C)no1. The average Bonchev–Trinajstić information content (AvgIpc) is 2.61. The van der Waals surface area contributed by atoms with Gasteiger partial charge in [-0.05, 0) is 13.8 Å². The average molecular weight is 224 g/mol. The Kier molecular flexibility index (Phi) is 4.26. The third-order valence-electron chi connectivity index (χ3n) is 1.53. The Balaban J connectivity index is 2.44. The lowest BCUT2D eigenvalue weighted by molar-refractivity contribution is -0.137. The van der Waals surface area contributed by atoms with Crippen LogP contribution in [0.15, 0.2) is 22.7 Å². The van der Waals surface area contributed by atoms with E-state index < -0.39 is 11.9 Å². The number of amides is 1. The summed E-state index contributed by atoms with van der Waals surface area (Å²) in [5, 5.41) is 5.99. The number of aromatic nitrogens is 1. The van der Waals surface area contributed by atoms with E-state index >= 15 is 0 Å². The molecule has 6 nitrogen and oxygen atoms in total. The third kappa shape index (κ3) is 3.95. The number of ether oxygens (including phenoxy) is 1. The van der Waals surface area contributed by atoms with E-state index in [1.807, 2.05) is 0 Å². The van der Waals surface area contributed by atoms with Crippen molar-refractivity contribution < 1.29 is 18.8 Å². The number of rotatable bonds is 4. The molecule has 86 valence electrons. The number of hydrogen-bond donors (Lipinski definition) is 1. The van der Waals surface area contributed by atoms with Crippen LogP contribution in [0.3, 0.4) is 0 Å². The largest absolute Gasteiger partial charge is 0.463 e. The molecule has 16 heavy (non-hydrogen) atoms. The summed E-state index contributed by atoms with van der Waals surface area (Å²) in [6, 6.07) is 1.57. The van der Waals surface area contributed by atoms with Gasteiger partial charge in [0.25, 0.3) is 5.91 Å². The Morgan fingerprint density at radius 3 is 2.88 bits per heavy atom. The van der Waals surface area contributed by atoms with Crippen LogP contribution in [0.25, 0.3) is 0 Å². The van der Waals surface area contributed by atoms with Gasteiger partial charge in [0.1, 0.15) is 0 Å². The molecule has 0 radical (unpaired) electrons. The number of anilines is 1. The summed E-state index contributed by atoms with van der Waals surface area (Å²) in [5.74, 6) is -0.813. The van der Waals surface area contributed by atoms with Crippen LogP contribution in [0, 0.1) is 6.92 Å². The van der Waals surface area contributed by atoms with E-state index in [1.165, 1.54) is 0 Å². The van der Waals surface area contributed by atoms with E-state index in [-0.39, 0.29) is 12.5 Å². The van der Waals surface area contributed by atoms with Gasteiger partial charge in [0.05, 0.1) is 12.3 Å². The van der Waals surface area contributed by atoms with Crippen molar-refractivity contribution in [1.29, 1.82) is 0 Å². The molecule has 0 aliphatic rings. The van der Waals surface area contributed by atoms with Crippen molar-refractivity contribution >= 4 is 17.8 Å². The number of nitrogens with zero attached hydrogens (tertiary/aromatic N) is 1. The van der Waals surface area contributed by atoms with Crippen molar-refractivity contribution in [3.63, 3.8) is 0 Å². The standard InChI is InChI=1S/C10H12N2O4/c1-3-15-10(14)5-4-8(13)11-9-6-7(2)12-16-9/h4-6H,3H2,1-2H3,(H,11,13)/b5-4+. The second-order valence-electron chi connectivity index (χ2n) is 2.91.